The van der Waals surface area contributed by atoms with Crippen molar-refractivity contribution in [2.45, 2.75) is 26.4 Å². The van der Waals surface area contributed by atoms with Crippen molar-refractivity contribution in [3.63, 3.8) is 0 Å². The molecule has 0 saturated carbocycles. The zero-order valence-electron chi connectivity index (χ0n) is 20.5. The SMILES string of the molecule is Cc1cccc(CCOc2cc(=O)[nH]c3nc(-c4ccccc4)c(-c4cc(C)nc(C(F)(F)F)c4)nc23)n1. The van der Waals surface area contributed by atoms with E-state index in [0.717, 1.165) is 17.5 Å². The summed E-state index contributed by atoms with van der Waals surface area (Å²) in [5.74, 6) is 0.173. The summed E-state index contributed by atoms with van der Waals surface area (Å²) >= 11 is 0. The molecule has 4 aromatic heterocycles. The number of nitrogens with one attached hydrogen (secondary N) is 1. The van der Waals surface area contributed by atoms with E-state index in [0.29, 0.717) is 17.7 Å². The van der Waals surface area contributed by atoms with Gasteiger partial charge in [0.1, 0.15) is 11.2 Å². The lowest BCUT2D eigenvalue weighted by Crippen LogP contribution is -2.12. The fourth-order valence-electron chi connectivity index (χ4n) is 4.10. The number of alkyl halides is 3. The van der Waals surface area contributed by atoms with Gasteiger partial charge in [-0.3, -0.25) is 9.78 Å². The van der Waals surface area contributed by atoms with Crippen LogP contribution in [0.1, 0.15) is 22.8 Å². The Morgan fingerprint density at radius 2 is 1.58 bits per heavy atom. The number of fused-ring (bicyclic) bond motifs is 1. The predicted octanol–water partition coefficient (Wildman–Crippen LogP) is 5.70. The Morgan fingerprint density at radius 1 is 0.816 bits per heavy atom. The molecule has 0 atom stereocenters. The van der Waals surface area contributed by atoms with E-state index < -0.39 is 17.4 Å². The van der Waals surface area contributed by atoms with Crippen LogP contribution in [0.2, 0.25) is 0 Å². The largest absolute Gasteiger partial charge is 0.491 e. The Kier molecular flexibility index (Phi) is 6.62. The van der Waals surface area contributed by atoms with Gasteiger partial charge in [0.2, 0.25) is 0 Å². The number of halogens is 3. The Hall–Kier alpha value is -4.60. The maximum Gasteiger partial charge on any atom is 0.433 e. The Bertz CT molecular complexity index is 1680. The van der Waals surface area contributed by atoms with Gasteiger partial charge in [0.15, 0.2) is 11.4 Å². The van der Waals surface area contributed by atoms with Gasteiger partial charge in [0, 0.05) is 40.7 Å². The van der Waals surface area contributed by atoms with Crippen LogP contribution in [0.4, 0.5) is 13.2 Å². The van der Waals surface area contributed by atoms with E-state index in [2.05, 4.69) is 19.9 Å². The minimum absolute atomic E-state index is 0.158. The number of hydrogen-bond donors (Lipinski definition) is 1. The van der Waals surface area contributed by atoms with Gasteiger partial charge in [-0.1, -0.05) is 36.4 Å². The number of aryl methyl sites for hydroxylation is 2. The zero-order chi connectivity index (χ0) is 26.9. The number of aromatic nitrogens is 5. The van der Waals surface area contributed by atoms with Crippen molar-refractivity contribution >= 4 is 11.2 Å². The number of ether oxygens (including phenoxy) is 1. The molecule has 0 aliphatic carbocycles. The van der Waals surface area contributed by atoms with Crippen LogP contribution < -0.4 is 10.3 Å². The van der Waals surface area contributed by atoms with Crippen molar-refractivity contribution in [1.82, 2.24) is 24.9 Å². The molecule has 10 heteroatoms. The molecule has 0 saturated heterocycles. The molecule has 0 aliphatic rings. The fraction of sp³-hybridized carbons (Fsp3) is 0.179. The molecule has 1 N–H and O–H groups in total. The minimum atomic E-state index is -4.64. The third-order valence-electron chi connectivity index (χ3n) is 5.76. The second-order valence-corrected chi connectivity index (χ2v) is 8.73. The summed E-state index contributed by atoms with van der Waals surface area (Å²) < 4.78 is 46.7. The van der Waals surface area contributed by atoms with Crippen LogP contribution in [0.5, 0.6) is 5.75 Å². The molecule has 38 heavy (non-hydrogen) atoms. The maximum atomic E-state index is 13.6. The normalized spacial score (nSPS) is 11.6. The van der Waals surface area contributed by atoms with Gasteiger partial charge in [0.05, 0.1) is 18.0 Å². The molecule has 0 amide bonds. The first-order chi connectivity index (χ1) is 18.2. The van der Waals surface area contributed by atoms with Crippen LogP contribution in [0, 0.1) is 13.8 Å². The van der Waals surface area contributed by atoms with E-state index in [1.807, 2.05) is 31.2 Å². The highest BCUT2D eigenvalue weighted by atomic mass is 19.4. The number of aromatic amines is 1. The van der Waals surface area contributed by atoms with E-state index in [-0.39, 0.29) is 40.5 Å². The summed E-state index contributed by atoms with van der Waals surface area (Å²) in [4.78, 5) is 32.5. The van der Waals surface area contributed by atoms with Crippen molar-refractivity contribution in [2.75, 3.05) is 6.61 Å². The second-order valence-electron chi connectivity index (χ2n) is 8.73. The first kappa shape index (κ1) is 25.1. The highest BCUT2D eigenvalue weighted by molar-refractivity contribution is 5.87. The molecule has 192 valence electrons. The van der Waals surface area contributed by atoms with E-state index in [1.54, 1.807) is 24.3 Å². The number of rotatable bonds is 6. The van der Waals surface area contributed by atoms with Crippen molar-refractivity contribution < 1.29 is 17.9 Å². The zero-order valence-corrected chi connectivity index (χ0v) is 20.5. The van der Waals surface area contributed by atoms with Gasteiger partial charge in [-0.05, 0) is 38.1 Å². The van der Waals surface area contributed by atoms with Gasteiger partial charge < -0.3 is 9.72 Å². The van der Waals surface area contributed by atoms with Gasteiger partial charge in [0.25, 0.3) is 5.56 Å². The lowest BCUT2D eigenvalue weighted by Gasteiger charge is -2.15. The molecule has 4 heterocycles. The molecule has 5 rings (SSSR count). The fourth-order valence-corrected chi connectivity index (χ4v) is 4.10. The average molecular weight is 518 g/mol. The van der Waals surface area contributed by atoms with Gasteiger partial charge >= 0.3 is 6.18 Å². The first-order valence-corrected chi connectivity index (χ1v) is 11.8. The number of benzene rings is 1. The smallest absolute Gasteiger partial charge is 0.433 e. The van der Waals surface area contributed by atoms with Crippen LogP contribution in [0.3, 0.4) is 0 Å². The maximum absolute atomic E-state index is 13.6. The van der Waals surface area contributed by atoms with Crippen molar-refractivity contribution in [3.8, 4) is 28.3 Å². The minimum Gasteiger partial charge on any atom is -0.491 e. The Balaban J connectivity index is 1.65. The third kappa shape index (κ3) is 5.39. The summed E-state index contributed by atoms with van der Waals surface area (Å²) in [5.41, 5.74) is 2.12. The molecule has 0 aliphatic heterocycles. The summed E-state index contributed by atoms with van der Waals surface area (Å²) in [6.07, 6.45) is -4.15. The molecule has 7 nitrogen and oxygen atoms in total. The highest BCUT2D eigenvalue weighted by Crippen LogP contribution is 2.36. The van der Waals surface area contributed by atoms with Crippen LogP contribution >= 0.6 is 0 Å². The molecule has 1 aromatic carbocycles. The number of hydrogen-bond acceptors (Lipinski definition) is 6. The Morgan fingerprint density at radius 3 is 2.32 bits per heavy atom. The quantitative estimate of drug-likeness (QED) is 0.311. The number of nitrogens with zero attached hydrogens (tertiary/aromatic N) is 4. The lowest BCUT2D eigenvalue weighted by atomic mass is 10.0. The molecule has 0 fully saturated rings. The topological polar surface area (TPSA) is 93.7 Å². The van der Waals surface area contributed by atoms with Gasteiger partial charge in [-0.15, -0.1) is 0 Å². The summed E-state index contributed by atoms with van der Waals surface area (Å²) in [6, 6.07) is 18.3. The second kappa shape index (κ2) is 10.0. The third-order valence-corrected chi connectivity index (χ3v) is 5.76. The van der Waals surface area contributed by atoms with E-state index in [1.165, 1.54) is 19.1 Å². The molecular formula is C28H22F3N5O2. The molecule has 5 aromatic rings. The van der Waals surface area contributed by atoms with Crippen LogP contribution in [0.15, 0.2) is 71.5 Å². The van der Waals surface area contributed by atoms with Crippen LogP contribution in [0.25, 0.3) is 33.7 Å². The van der Waals surface area contributed by atoms with E-state index in [4.69, 9.17) is 9.72 Å². The molecule has 0 bridgehead atoms. The monoisotopic (exact) mass is 517 g/mol. The van der Waals surface area contributed by atoms with Crippen LogP contribution in [-0.4, -0.2) is 31.5 Å². The van der Waals surface area contributed by atoms with Crippen molar-refractivity contribution in [2.24, 2.45) is 0 Å². The Labute approximate surface area is 215 Å². The van der Waals surface area contributed by atoms with Crippen LogP contribution in [-0.2, 0) is 12.6 Å². The number of pyridine rings is 3. The van der Waals surface area contributed by atoms with Crippen molar-refractivity contribution in [1.29, 1.82) is 0 Å². The molecule has 0 unspecified atom stereocenters. The molecule has 0 spiro atoms. The standard InChI is InChI=1S/C28H22F3N5O2/c1-16-7-6-10-20(32-16)11-12-38-21-15-23(37)34-27-26(21)35-25(24(36-27)18-8-4-3-5-9-18)19-13-17(2)33-22(14-19)28(29,30)31/h3-10,13-15H,11-12H2,1-2H3,(H,34,36,37). The molecule has 0 radical (unpaired) electrons. The highest BCUT2D eigenvalue weighted by Gasteiger charge is 2.33. The number of H-pyrrole nitrogens is 1. The van der Waals surface area contributed by atoms with E-state index in [9.17, 15) is 18.0 Å². The molecular weight excluding hydrogens is 495 g/mol. The lowest BCUT2D eigenvalue weighted by molar-refractivity contribution is -0.141. The predicted molar refractivity (Wildman–Crippen MR) is 137 cm³/mol. The summed E-state index contributed by atoms with van der Waals surface area (Å²) in [5, 5.41) is 0. The van der Waals surface area contributed by atoms with Crippen molar-refractivity contribution in [3.05, 3.63) is 99.9 Å². The average Bonchev–Trinajstić information content (AvgIpc) is 2.87. The first-order valence-electron chi connectivity index (χ1n) is 11.8. The van der Waals surface area contributed by atoms with Gasteiger partial charge in [-0.2, -0.15) is 13.2 Å². The summed E-state index contributed by atoms with van der Waals surface area (Å²) in [7, 11) is 0. The van der Waals surface area contributed by atoms with E-state index >= 15 is 0 Å². The van der Waals surface area contributed by atoms with Gasteiger partial charge in [-0.25, -0.2) is 15.0 Å². The summed E-state index contributed by atoms with van der Waals surface area (Å²) in [6.45, 7) is 3.58.